The van der Waals surface area contributed by atoms with Crippen LogP contribution >= 0.6 is 0 Å². The van der Waals surface area contributed by atoms with Crippen molar-refractivity contribution in [3.8, 4) is 5.75 Å². The molecule has 0 spiro atoms. The number of rotatable bonds is 5. The van der Waals surface area contributed by atoms with Gasteiger partial charge in [0.25, 0.3) is 0 Å². The monoisotopic (exact) mass is 354 g/mol. The van der Waals surface area contributed by atoms with E-state index in [1.165, 1.54) is 12.1 Å². The largest absolute Gasteiger partial charge is 0.598 e. The van der Waals surface area contributed by atoms with Crippen LogP contribution in [0.4, 0.5) is 4.39 Å². The first-order valence-corrected chi connectivity index (χ1v) is 8.91. The van der Waals surface area contributed by atoms with Crippen molar-refractivity contribution in [3.05, 3.63) is 39.5 Å². The minimum atomic E-state index is -1.29. The summed E-state index contributed by atoms with van der Waals surface area (Å²) in [5.41, 5.74) is 9.17. The average Bonchev–Trinajstić information content (AvgIpc) is 2.79. The van der Waals surface area contributed by atoms with Crippen LogP contribution in [0.25, 0.3) is 10.4 Å². The molecule has 3 atom stereocenters. The maximum atomic E-state index is 14.0. The summed E-state index contributed by atoms with van der Waals surface area (Å²) in [5.74, 6) is 0.216. The van der Waals surface area contributed by atoms with Crippen LogP contribution in [0.15, 0.2) is 17.2 Å². The highest BCUT2D eigenvalue weighted by Gasteiger charge is 2.38. The van der Waals surface area contributed by atoms with Crippen LogP contribution in [0, 0.1) is 5.82 Å². The van der Waals surface area contributed by atoms with E-state index in [4.69, 9.17) is 10.3 Å². The van der Waals surface area contributed by atoms with E-state index in [1.54, 1.807) is 0 Å². The molecular formula is C16H23FN4O2S. The standard InChI is InChI=1S/C16H23FN4O2S/c1-10(20-24(22)15(2,3)4)13-7-12(17)6-11-8-16(5,9-19-21-18)23-14(11)13/h6-7,10,20H,8-9H2,1-5H3/t10-,16?,24-/m1/s1. The van der Waals surface area contributed by atoms with Gasteiger partial charge in [-0.05, 0) is 52.3 Å². The van der Waals surface area contributed by atoms with Crippen LogP contribution in [0.3, 0.4) is 0 Å². The zero-order chi connectivity index (χ0) is 18.1. The predicted octanol–water partition coefficient (Wildman–Crippen LogP) is 3.94. The lowest BCUT2D eigenvalue weighted by molar-refractivity contribution is 0.124. The molecule has 0 amide bonds. The van der Waals surface area contributed by atoms with Gasteiger partial charge in [-0.3, -0.25) is 0 Å². The summed E-state index contributed by atoms with van der Waals surface area (Å²) in [6.07, 6.45) is 0.460. The van der Waals surface area contributed by atoms with Crippen LogP contribution < -0.4 is 9.46 Å². The number of hydrogen-bond acceptors (Lipinski definition) is 4. The van der Waals surface area contributed by atoms with E-state index in [1.807, 2.05) is 34.6 Å². The second-order valence-electron chi connectivity index (χ2n) is 7.32. The lowest BCUT2D eigenvalue weighted by Gasteiger charge is -2.27. The maximum absolute atomic E-state index is 14.0. The third-order valence-corrected chi connectivity index (χ3v) is 5.53. The van der Waals surface area contributed by atoms with E-state index in [9.17, 15) is 8.94 Å². The van der Waals surface area contributed by atoms with Crippen molar-refractivity contribution in [3.63, 3.8) is 0 Å². The molecule has 6 nitrogen and oxygen atoms in total. The Hall–Kier alpha value is -1.47. The van der Waals surface area contributed by atoms with Crippen molar-refractivity contribution in [1.82, 2.24) is 4.72 Å². The van der Waals surface area contributed by atoms with E-state index < -0.39 is 21.7 Å². The fourth-order valence-electron chi connectivity index (χ4n) is 2.61. The van der Waals surface area contributed by atoms with Gasteiger partial charge < -0.3 is 9.29 Å². The van der Waals surface area contributed by atoms with E-state index in [2.05, 4.69) is 14.7 Å². The number of ether oxygens (including phenoxy) is 1. The first-order chi connectivity index (χ1) is 11.1. The number of azide groups is 1. The highest BCUT2D eigenvalue weighted by atomic mass is 32.2. The Labute approximate surface area is 144 Å². The zero-order valence-corrected chi connectivity index (χ0v) is 15.4. The first kappa shape index (κ1) is 18.9. The Morgan fingerprint density at radius 2 is 2.21 bits per heavy atom. The zero-order valence-electron chi connectivity index (χ0n) is 14.6. The Balaban J connectivity index is 2.30. The predicted molar refractivity (Wildman–Crippen MR) is 92.6 cm³/mol. The normalized spacial score (nSPS) is 22.3. The molecule has 0 saturated heterocycles. The smallest absolute Gasteiger partial charge is 0.136 e. The van der Waals surface area contributed by atoms with E-state index in [0.717, 1.165) is 5.56 Å². The number of hydrogen-bond donors (Lipinski definition) is 1. The third-order valence-electron chi connectivity index (χ3n) is 3.85. The molecule has 1 heterocycles. The molecule has 1 aromatic rings. The summed E-state index contributed by atoms with van der Waals surface area (Å²) < 4.78 is 34.9. The fourth-order valence-corrected chi connectivity index (χ4v) is 3.41. The molecule has 1 aliphatic heterocycles. The van der Waals surface area contributed by atoms with Crippen LogP contribution in [0.5, 0.6) is 5.75 Å². The highest BCUT2D eigenvalue weighted by Crippen LogP contribution is 2.41. The quantitative estimate of drug-likeness (QED) is 0.375. The molecule has 1 aliphatic rings. The lowest BCUT2D eigenvalue weighted by atomic mass is 9.97. The second-order valence-corrected chi connectivity index (χ2v) is 9.32. The molecule has 2 rings (SSSR count). The van der Waals surface area contributed by atoms with Gasteiger partial charge in [-0.1, -0.05) is 5.11 Å². The van der Waals surface area contributed by atoms with Gasteiger partial charge in [0.15, 0.2) is 0 Å². The molecule has 0 saturated carbocycles. The van der Waals surface area contributed by atoms with Crippen molar-refractivity contribution < 1.29 is 13.7 Å². The van der Waals surface area contributed by atoms with Gasteiger partial charge in [0.05, 0.1) is 12.6 Å². The Morgan fingerprint density at radius 1 is 1.54 bits per heavy atom. The summed E-state index contributed by atoms with van der Waals surface area (Å²) in [7, 11) is 0. The first-order valence-electron chi connectivity index (χ1n) is 7.76. The minimum Gasteiger partial charge on any atom is -0.598 e. The minimum absolute atomic E-state index is 0.162. The van der Waals surface area contributed by atoms with Gasteiger partial charge in [-0.2, -0.15) is 0 Å². The molecule has 1 aromatic carbocycles. The Bertz CT molecular complexity index is 673. The molecule has 132 valence electrons. The number of nitrogens with one attached hydrogen (secondary N) is 1. The lowest BCUT2D eigenvalue weighted by Crippen LogP contribution is -2.40. The van der Waals surface area contributed by atoms with Crippen molar-refractivity contribution in [2.45, 2.75) is 57.4 Å². The molecule has 0 radical (unpaired) electrons. The second kappa shape index (κ2) is 6.80. The summed E-state index contributed by atoms with van der Waals surface area (Å²) in [6, 6.07) is 2.49. The van der Waals surface area contributed by atoms with Gasteiger partial charge in [-0.15, -0.1) is 4.72 Å². The molecule has 0 bridgehead atoms. The molecule has 0 aromatic heterocycles. The summed E-state index contributed by atoms with van der Waals surface area (Å²) in [5, 5.41) is 3.58. The van der Waals surface area contributed by atoms with Crippen LogP contribution in [0.2, 0.25) is 0 Å². The van der Waals surface area contributed by atoms with E-state index in [0.29, 0.717) is 17.7 Å². The molecule has 1 N–H and O–H groups in total. The molecule has 24 heavy (non-hydrogen) atoms. The van der Waals surface area contributed by atoms with Gasteiger partial charge in [0.1, 0.15) is 21.9 Å². The molecule has 0 aliphatic carbocycles. The van der Waals surface area contributed by atoms with Gasteiger partial charge >= 0.3 is 0 Å². The molecular weight excluding hydrogens is 331 g/mol. The van der Waals surface area contributed by atoms with Crippen LogP contribution in [-0.4, -0.2) is 21.4 Å². The maximum Gasteiger partial charge on any atom is 0.136 e. The van der Waals surface area contributed by atoms with Crippen molar-refractivity contribution in [2.24, 2.45) is 5.11 Å². The van der Waals surface area contributed by atoms with E-state index in [-0.39, 0.29) is 18.4 Å². The van der Waals surface area contributed by atoms with E-state index >= 15 is 0 Å². The van der Waals surface area contributed by atoms with Gasteiger partial charge in [0, 0.05) is 33.8 Å². The molecule has 0 fully saturated rings. The Kier molecular flexibility index (Phi) is 5.34. The summed E-state index contributed by atoms with van der Waals surface area (Å²) in [6.45, 7) is 9.42. The Morgan fingerprint density at radius 3 is 2.79 bits per heavy atom. The SMILES string of the molecule is C[C@@H](N[S@+]([O-])C(C)(C)C)c1cc(F)cc2c1OC(C)(CN=[N+]=[N-])C2. The third kappa shape index (κ3) is 4.13. The van der Waals surface area contributed by atoms with Crippen LogP contribution in [0.1, 0.15) is 51.8 Å². The highest BCUT2D eigenvalue weighted by molar-refractivity contribution is 7.90. The average molecular weight is 354 g/mol. The number of fused-ring (bicyclic) bond motifs is 1. The number of nitrogens with zero attached hydrogens (tertiary/aromatic N) is 3. The van der Waals surface area contributed by atoms with Crippen molar-refractivity contribution >= 4 is 11.4 Å². The van der Waals surface area contributed by atoms with Gasteiger partial charge in [0.2, 0.25) is 0 Å². The van der Waals surface area contributed by atoms with Crippen LogP contribution in [-0.2, 0) is 17.8 Å². The summed E-state index contributed by atoms with van der Waals surface area (Å²) in [4.78, 5) is 2.77. The summed E-state index contributed by atoms with van der Waals surface area (Å²) >= 11 is -1.29. The molecule has 8 heteroatoms. The number of halogens is 1. The molecule has 1 unspecified atom stereocenters. The van der Waals surface area contributed by atoms with Crippen molar-refractivity contribution in [1.29, 1.82) is 0 Å². The number of benzene rings is 1. The topological polar surface area (TPSA) is 93.1 Å². The fraction of sp³-hybridized carbons (Fsp3) is 0.625. The van der Waals surface area contributed by atoms with Gasteiger partial charge in [-0.25, -0.2) is 4.39 Å². The van der Waals surface area contributed by atoms with Crippen molar-refractivity contribution in [2.75, 3.05) is 6.54 Å².